The predicted molar refractivity (Wildman–Crippen MR) is 85.0 cm³/mol. The third-order valence-electron chi connectivity index (χ3n) is 4.49. The number of H-pyrrole nitrogens is 1. The van der Waals surface area contributed by atoms with Crippen LogP contribution in [0.5, 0.6) is 0 Å². The molecule has 2 fully saturated rings. The van der Waals surface area contributed by atoms with Crippen LogP contribution in [0.15, 0.2) is 24.4 Å². The lowest BCUT2D eigenvalue weighted by Gasteiger charge is -2.30. The van der Waals surface area contributed by atoms with E-state index in [2.05, 4.69) is 9.88 Å². The number of nitrogens with zero attached hydrogens (tertiary/aromatic N) is 3. The summed E-state index contributed by atoms with van der Waals surface area (Å²) in [7, 11) is 0. The number of nitrogens with one attached hydrogen (secondary N) is 2. The lowest BCUT2D eigenvalue weighted by Crippen LogP contribution is -3.16. The Morgan fingerprint density at radius 3 is 2.38 bits per heavy atom. The molecule has 0 aromatic carbocycles. The van der Waals surface area contributed by atoms with Gasteiger partial charge in [0.1, 0.15) is 26.2 Å². The first-order valence-corrected chi connectivity index (χ1v) is 8.23. The number of imide groups is 2. The molecule has 0 unspecified atom stereocenters. The number of carbonyl (C=O) groups excluding carboxylic acids is 3. The van der Waals surface area contributed by atoms with Gasteiger partial charge in [0.05, 0.1) is 6.20 Å². The molecular weight excluding hydrogens is 310 g/mol. The van der Waals surface area contributed by atoms with Crippen LogP contribution in [-0.4, -0.2) is 66.5 Å². The Hall–Kier alpha value is -2.48. The van der Waals surface area contributed by atoms with Gasteiger partial charge in [0.15, 0.2) is 6.67 Å². The zero-order valence-corrected chi connectivity index (χ0v) is 14.0. The molecule has 2 aliphatic heterocycles. The smallest absolute Gasteiger partial charge is 0.311 e. The van der Waals surface area contributed by atoms with Crippen molar-refractivity contribution in [3.8, 4) is 0 Å². The zero-order chi connectivity index (χ0) is 17.3. The summed E-state index contributed by atoms with van der Waals surface area (Å²) in [6.45, 7) is 6.97. The molecule has 1 aromatic rings. The molecule has 3 rings (SSSR count). The van der Waals surface area contributed by atoms with E-state index in [-0.39, 0.29) is 12.7 Å². The van der Waals surface area contributed by atoms with Crippen molar-refractivity contribution in [2.75, 3.05) is 37.7 Å². The van der Waals surface area contributed by atoms with E-state index in [1.54, 1.807) is 13.8 Å². The molecule has 0 bridgehead atoms. The largest absolute Gasteiger partial charge is 0.338 e. The van der Waals surface area contributed by atoms with E-state index in [0.717, 1.165) is 46.7 Å². The van der Waals surface area contributed by atoms with Gasteiger partial charge < -0.3 is 4.90 Å². The van der Waals surface area contributed by atoms with Gasteiger partial charge in [-0.05, 0) is 19.9 Å². The average molecular weight is 333 g/mol. The van der Waals surface area contributed by atoms with Crippen molar-refractivity contribution in [3.05, 3.63) is 24.4 Å². The Morgan fingerprint density at radius 2 is 1.83 bits per heavy atom. The van der Waals surface area contributed by atoms with Crippen LogP contribution in [0.1, 0.15) is 13.8 Å². The fraction of sp³-hybridized carbons (Fsp3) is 0.500. The maximum absolute atomic E-state index is 12.3. The van der Waals surface area contributed by atoms with Gasteiger partial charge in [0.25, 0.3) is 5.82 Å². The van der Waals surface area contributed by atoms with Gasteiger partial charge in [0.2, 0.25) is 0 Å². The molecule has 0 spiro atoms. The minimum atomic E-state index is -0.716. The molecule has 4 amide bonds. The van der Waals surface area contributed by atoms with E-state index in [4.69, 9.17) is 0 Å². The number of hydrogen-bond donors (Lipinski definition) is 1. The van der Waals surface area contributed by atoms with Crippen molar-refractivity contribution >= 4 is 23.7 Å². The van der Waals surface area contributed by atoms with Crippen LogP contribution in [-0.2, 0) is 9.59 Å². The van der Waals surface area contributed by atoms with Crippen molar-refractivity contribution in [2.24, 2.45) is 0 Å². The average Bonchev–Trinajstić information content (AvgIpc) is 2.80. The van der Waals surface area contributed by atoms with E-state index in [1.807, 2.05) is 24.4 Å². The number of carbonyl (C=O) groups is 3. The highest BCUT2D eigenvalue weighted by Crippen LogP contribution is 2.14. The molecular formula is C16H23N5O3+2. The van der Waals surface area contributed by atoms with Crippen LogP contribution in [0, 0.1) is 0 Å². The standard InChI is InChI=1S/C16H21N5O3/c1-12(2)21-15(23)14(22)20(16(21)24)11-18-7-9-19(10-8-18)13-5-3-4-6-17-13/h3-6,12H,7-11H2,1-2H3/p+2. The Bertz CT molecular complexity index is 640. The van der Waals surface area contributed by atoms with Crippen LogP contribution in [0.4, 0.5) is 10.6 Å². The second-order valence-corrected chi connectivity index (χ2v) is 6.43. The van der Waals surface area contributed by atoms with Crippen LogP contribution in [0.3, 0.4) is 0 Å². The number of quaternary nitrogens is 1. The number of piperazine rings is 1. The minimum absolute atomic E-state index is 0.249. The monoisotopic (exact) mass is 333 g/mol. The van der Waals surface area contributed by atoms with Crippen LogP contribution in [0.2, 0.25) is 0 Å². The van der Waals surface area contributed by atoms with Crippen molar-refractivity contribution in [1.82, 2.24) is 9.80 Å². The lowest BCUT2D eigenvalue weighted by molar-refractivity contribution is -0.908. The first-order chi connectivity index (χ1) is 11.5. The summed E-state index contributed by atoms with van der Waals surface area (Å²) in [5.41, 5.74) is 0. The summed E-state index contributed by atoms with van der Waals surface area (Å²) in [6.07, 6.45) is 1.89. The summed E-state index contributed by atoms with van der Waals surface area (Å²) < 4.78 is 0. The molecule has 128 valence electrons. The summed E-state index contributed by atoms with van der Waals surface area (Å²) in [6, 6.07) is 5.15. The number of pyridine rings is 1. The van der Waals surface area contributed by atoms with E-state index in [9.17, 15) is 14.4 Å². The SMILES string of the molecule is CC(C)N1C(=O)C(=O)N(C[NH+]2CCN(c3cccc[nH+]3)CC2)C1=O. The summed E-state index contributed by atoms with van der Waals surface area (Å²) in [5, 5.41) is 0. The Labute approximate surface area is 140 Å². The number of rotatable bonds is 4. The van der Waals surface area contributed by atoms with E-state index < -0.39 is 17.8 Å². The summed E-state index contributed by atoms with van der Waals surface area (Å²) in [4.78, 5) is 45.0. The van der Waals surface area contributed by atoms with Crippen molar-refractivity contribution in [1.29, 1.82) is 0 Å². The van der Waals surface area contributed by atoms with Gasteiger partial charge >= 0.3 is 17.8 Å². The Balaban J connectivity index is 1.59. The molecule has 2 N–H and O–H groups in total. The fourth-order valence-electron chi connectivity index (χ4n) is 3.14. The molecule has 8 heteroatoms. The molecule has 24 heavy (non-hydrogen) atoms. The van der Waals surface area contributed by atoms with Gasteiger partial charge in [-0.25, -0.2) is 14.7 Å². The Morgan fingerprint density at radius 1 is 1.12 bits per heavy atom. The quantitative estimate of drug-likeness (QED) is 0.530. The van der Waals surface area contributed by atoms with Crippen LogP contribution in [0.25, 0.3) is 0 Å². The third-order valence-corrected chi connectivity index (χ3v) is 4.49. The topological polar surface area (TPSA) is 79.5 Å². The van der Waals surface area contributed by atoms with E-state index in [1.165, 1.54) is 0 Å². The molecule has 0 aliphatic carbocycles. The van der Waals surface area contributed by atoms with Gasteiger partial charge in [0, 0.05) is 12.1 Å². The number of anilines is 1. The first kappa shape index (κ1) is 16.4. The first-order valence-electron chi connectivity index (χ1n) is 8.23. The maximum atomic E-state index is 12.3. The van der Waals surface area contributed by atoms with Gasteiger partial charge in [-0.3, -0.25) is 19.4 Å². The van der Waals surface area contributed by atoms with E-state index in [0.29, 0.717) is 0 Å². The van der Waals surface area contributed by atoms with Crippen LogP contribution < -0.4 is 14.8 Å². The molecule has 2 saturated heterocycles. The lowest BCUT2D eigenvalue weighted by atomic mass is 10.3. The van der Waals surface area contributed by atoms with Crippen molar-refractivity contribution < 1.29 is 24.3 Å². The molecule has 8 nitrogen and oxygen atoms in total. The molecule has 0 saturated carbocycles. The second-order valence-electron chi connectivity index (χ2n) is 6.43. The van der Waals surface area contributed by atoms with Crippen molar-refractivity contribution in [2.45, 2.75) is 19.9 Å². The number of aromatic nitrogens is 1. The molecule has 0 atom stereocenters. The minimum Gasteiger partial charge on any atom is -0.311 e. The molecule has 3 heterocycles. The van der Waals surface area contributed by atoms with E-state index >= 15 is 0 Å². The number of hydrogen-bond acceptors (Lipinski definition) is 4. The highest BCUT2D eigenvalue weighted by molar-refractivity contribution is 6.44. The highest BCUT2D eigenvalue weighted by Gasteiger charge is 2.47. The summed E-state index contributed by atoms with van der Waals surface area (Å²) >= 11 is 0. The number of amides is 4. The number of aromatic amines is 1. The number of urea groups is 1. The Kier molecular flexibility index (Phi) is 4.48. The normalized spacial score (nSPS) is 19.8. The van der Waals surface area contributed by atoms with Crippen LogP contribution >= 0.6 is 0 Å². The maximum Gasteiger partial charge on any atom is 0.338 e. The van der Waals surface area contributed by atoms with Gasteiger partial charge in [-0.15, -0.1) is 0 Å². The molecule has 0 radical (unpaired) electrons. The molecule has 2 aliphatic rings. The summed E-state index contributed by atoms with van der Waals surface area (Å²) in [5.74, 6) is -0.363. The van der Waals surface area contributed by atoms with Gasteiger partial charge in [-0.1, -0.05) is 6.07 Å². The predicted octanol–water partition coefficient (Wildman–Crippen LogP) is -1.64. The fourth-order valence-corrected chi connectivity index (χ4v) is 3.14. The van der Waals surface area contributed by atoms with Gasteiger partial charge in [-0.2, -0.15) is 0 Å². The third kappa shape index (κ3) is 2.96. The molecule has 1 aromatic heterocycles. The van der Waals surface area contributed by atoms with Crippen molar-refractivity contribution in [3.63, 3.8) is 0 Å². The second kappa shape index (κ2) is 6.56. The highest BCUT2D eigenvalue weighted by atomic mass is 16.2. The zero-order valence-electron chi connectivity index (χ0n) is 14.0.